The summed E-state index contributed by atoms with van der Waals surface area (Å²) < 4.78 is 0. The minimum Gasteiger partial charge on any atom is -0.348 e. The van der Waals surface area contributed by atoms with Crippen LogP contribution in [0.2, 0.25) is 10.0 Å². The number of halogens is 3. The fourth-order valence-electron chi connectivity index (χ4n) is 1.98. The number of benzene rings is 2. The number of carbonyl (C=O) groups excluding carboxylic acids is 1. The maximum atomic E-state index is 12.3. The van der Waals surface area contributed by atoms with Gasteiger partial charge in [0.25, 0.3) is 5.91 Å². The first kappa shape index (κ1) is 16.3. The molecule has 2 nitrogen and oxygen atoms in total. The van der Waals surface area contributed by atoms with Gasteiger partial charge in [-0.1, -0.05) is 69.5 Å². The Labute approximate surface area is 142 Å². The van der Waals surface area contributed by atoms with Crippen LogP contribution in [0, 0.1) is 0 Å². The molecule has 2 aromatic carbocycles. The lowest BCUT2D eigenvalue weighted by Gasteiger charge is -2.17. The molecule has 110 valence electrons. The average molecular weight is 387 g/mol. The van der Waals surface area contributed by atoms with Gasteiger partial charge in [0.15, 0.2) is 0 Å². The van der Waals surface area contributed by atoms with Gasteiger partial charge in [0, 0.05) is 16.4 Å². The first-order valence-electron chi connectivity index (χ1n) is 6.46. The Kier molecular flexibility index (Phi) is 6.09. The van der Waals surface area contributed by atoms with Gasteiger partial charge in [-0.05, 0) is 30.2 Å². The van der Waals surface area contributed by atoms with Crippen LogP contribution in [0.4, 0.5) is 0 Å². The van der Waals surface area contributed by atoms with E-state index in [4.69, 9.17) is 23.2 Å². The fraction of sp³-hybridized carbons (Fsp3) is 0.188. The molecule has 21 heavy (non-hydrogen) atoms. The van der Waals surface area contributed by atoms with E-state index in [2.05, 4.69) is 21.2 Å². The lowest BCUT2D eigenvalue weighted by Crippen LogP contribution is -2.37. The van der Waals surface area contributed by atoms with Crippen molar-refractivity contribution in [2.75, 3.05) is 5.33 Å². The normalized spacial score (nSPS) is 12.0. The molecule has 1 N–H and O–H groups in total. The molecular weight excluding hydrogens is 373 g/mol. The molecule has 0 saturated heterocycles. The molecule has 0 bridgehead atoms. The van der Waals surface area contributed by atoms with Gasteiger partial charge in [0.05, 0.1) is 10.6 Å². The molecule has 0 saturated carbocycles. The minimum atomic E-state index is -0.197. The molecule has 0 spiro atoms. The molecule has 0 radical (unpaired) electrons. The summed E-state index contributed by atoms with van der Waals surface area (Å²) in [7, 11) is 0. The molecule has 0 aromatic heterocycles. The monoisotopic (exact) mass is 385 g/mol. The van der Waals surface area contributed by atoms with Gasteiger partial charge in [-0.3, -0.25) is 4.79 Å². The third kappa shape index (κ3) is 4.73. The topological polar surface area (TPSA) is 29.1 Å². The van der Waals surface area contributed by atoms with Crippen LogP contribution in [0.3, 0.4) is 0 Å². The van der Waals surface area contributed by atoms with Crippen LogP contribution in [0.15, 0.2) is 48.5 Å². The van der Waals surface area contributed by atoms with E-state index in [9.17, 15) is 4.79 Å². The number of amides is 1. The van der Waals surface area contributed by atoms with Gasteiger partial charge < -0.3 is 5.32 Å². The second kappa shape index (κ2) is 7.83. The molecular formula is C16H14BrCl2NO. The molecule has 0 heterocycles. The summed E-state index contributed by atoms with van der Waals surface area (Å²) in [5.74, 6) is -0.197. The first-order valence-corrected chi connectivity index (χ1v) is 8.33. The van der Waals surface area contributed by atoms with Crippen LogP contribution in [0.1, 0.15) is 15.9 Å². The minimum absolute atomic E-state index is 0.00774. The largest absolute Gasteiger partial charge is 0.348 e. The second-order valence-corrected chi connectivity index (χ2v) is 6.13. The number of nitrogens with one attached hydrogen (secondary N) is 1. The highest BCUT2D eigenvalue weighted by Crippen LogP contribution is 2.21. The molecule has 1 unspecified atom stereocenters. The predicted octanol–water partition coefficient (Wildman–Crippen LogP) is 4.73. The van der Waals surface area contributed by atoms with E-state index < -0.39 is 0 Å². The third-order valence-corrected chi connectivity index (χ3v) is 4.35. The first-order chi connectivity index (χ1) is 10.1. The van der Waals surface area contributed by atoms with Crippen LogP contribution < -0.4 is 5.32 Å². The van der Waals surface area contributed by atoms with Crippen molar-refractivity contribution in [3.05, 3.63) is 69.7 Å². The molecule has 2 rings (SSSR count). The maximum absolute atomic E-state index is 12.3. The van der Waals surface area contributed by atoms with Crippen LogP contribution in [0.5, 0.6) is 0 Å². The van der Waals surface area contributed by atoms with E-state index in [1.165, 1.54) is 5.56 Å². The lowest BCUT2D eigenvalue weighted by molar-refractivity contribution is 0.0941. The molecule has 1 atom stereocenters. The van der Waals surface area contributed by atoms with Gasteiger partial charge in [-0.15, -0.1) is 0 Å². The average Bonchev–Trinajstić information content (AvgIpc) is 2.47. The van der Waals surface area contributed by atoms with Gasteiger partial charge in [-0.2, -0.15) is 0 Å². The highest BCUT2D eigenvalue weighted by Gasteiger charge is 2.15. The molecule has 1 amide bonds. The Morgan fingerprint density at radius 2 is 1.86 bits per heavy atom. The molecule has 5 heteroatoms. The smallest absolute Gasteiger partial charge is 0.253 e. The molecule has 0 fully saturated rings. The van der Waals surface area contributed by atoms with E-state index in [0.717, 1.165) is 6.42 Å². The summed E-state index contributed by atoms with van der Waals surface area (Å²) in [6, 6.07) is 14.9. The summed E-state index contributed by atoms with van der Waals surface area (Å²) in [6.45, 7) is 0. The summed E-state index contributed by atoms with van der Waals surface area (Å²) in [4.78, 5) is 12.3. The van der Waals surface area contributed by atoms with Crippen molar-refractivity contribution in [3.63, 3.8) is 0 Å². The zero-order chi connectivity index (χ0) is 15.2. The van der Waals surface area contributed by atoms with E-state index in [1.807, 2.05) is 30.3 Å². The maximum Gasteiger partial charge on any atom is 0.253 e. The molecule has 2 aromatic rings. The van der Waals surface area contributed by atoms with Crippen LogP contribution in [-0.2, 0) is 6.42 Å². The van der Waals surface area contributed by atoms with Gasteiger partial charge >= 0.3 is 0 Å². The summed E-state index contributed by atoms with van der Waals surface area (Å²) in [6.07, 6.45) is 0.753. The fourth-order valence-corrected chi connectivity index (χ4v) is 2.86. The molecule has 0 aliphatic heterocycles. The van der Waals surface area contributed by atoms with Crippen LogP contribution in [-0.4, -0.2) is 17.3 Å². The Morgan fingerprint density at radius 1 is 1.14 bits per heavy atom. The number of carbonyl (C=O) groups is 1. The summed E-state index contributed by atoms with van der Waals surface area (Å²) >= 11 is 15.3. The highest BCUT2D eigenvalue weighted by atomic mass is 79.9. The van der Waals surface area contributed by atoms with Gasteiger partial charge in [-0.25, -0.2) is 0 Å². The lowest BCUT2D eigenvalue weighted by atomic mass is 10.1. The SMILES string of the molecule is O=C(NC(CBr)Cc1ccccc1)c1ccc(Cl)cc1Cl. The van der Waals surface area contributed by atoms with Crippen LogP contribution >= 0.6 is 39.1 Å². The molecule has 0 aliphatic rings. The summed E-state index contributed by atoms with van der Waals surface area (Å²) in [5.41, 5.74) is 1.60. The molecule has 0 aliphatic carbocycles. The van der Waals surface area contributed by atoms with Crippen molar-refractivity contribution < 1.29 is 4.79 Å². The number of hydrogen-bond donors (Lipinski definition) is 1. The van der Waals surface area contributed by atoms with Crippen LogP contribution in [0.25, 0.3) is 0 Å². The Bertz CT molecular complexity index is 619. The van der Waals surface area contributed by atoms with Gasteiger partial charge in [0.2, 0.25) is 0 Å². The van der Waals surface area contributed by atoms with E-state index in [-0.39, 0.29) is 11.9 Å². The number of alkyl halides is 1. The standard InChI is InChI=1S/C16H14BrCl2NO/c17-10-13(8-11-4-2-1-3-5-11)20-16(21)14-7-6-12(18)9-15(14)19/h1-7,9,13H,8,10H2,(H,20,21). The summed E-state index contributed by atoms with van der Waals surface area (Å²) in [5, 5.41) is 4.51. The third-order valence-electron chi connectivity index (χ3n) is 3.02. The van der Waals surface area contributed by atoms with Crippen molar-refractivity contribution >= 4 is 45.0 Å². The Balaban J connectivity index is 2.06. The van der Waals surface area contributed by atoms with Crippen molar-refractivity contribution in [1.29, 1.82) is 0 Å². The quantitative estimate of drug-likeness (QED) is 0.739. The van der Waals surface area contributed by atoms with E-state index in [1.54, 1.807) is 18.2 Å². The van der Waals surface area contributed by atoms with Crippen molar-refractivity contribution in [2.45, 2.75) is 12.5 Å². The Hall–Kier alpha value is -1.03. The van der Waals surface area contributed by atoms with E-state index >= 15 is 0 Å². The predicted molar refractivity (Wildman–Crippen MR) is 91.7 cm³/mol. The zero-order valence-electron chi connectivity index (χ0n) is 11.2. The Morgan fingerprint density at radius 3 is 2.48 bits per heavy atom. The number of hydrogen-bond acceptors (Lipinski definition) is 1. The van der Waals surface area contributed by atoms with Gasteiger partial charge in [0.1, 0.15) is 0 Å². The second-order valence-electron chi connectivity index (χ2n) is 4.64. The van der Waals surface area contributed by atoms with Crippen molar-refractivity contribution in [3.8, 4) is 0 Å². The van der Waals surface area contributed by atoms with Crippen molar-refractivity contribution in [2.24, 2.45) is 0 Å². The van der Waals surface area contributed by atoms with Crippen molar-refractivity contribution in [1.82, 2.24) is 5.32 Å². The zero-order valence-corrected chi connectivity index (χ0v) is 14.3. The number of rotatable bonds is 5. The highest BCUT2D eigenvalue weighted by molar-refractivity contribution is 9.09. The van der Waals surface area contributed by atoms with E-state index in [0.29, 0.717) is 20.9 Å².